The normalized spacial score (nSPS) is 11.8. The Morgan fingerprint density at radius 2 is 1.92 bits per heavy atom. The van der Waals surface area contributed by atoms with Crippen LogP contribution in [-0.4, -0.2) is 23.3 Å². The van der Waals surface area contributed by atoms with Gasteiger partial charge in [0.1, 0.15) is 11.3 Å². The Bertz CT molecular complexity index is 880. The van der Waals surface area contributed by atoms with Crippen LogP contribution in [0.1, 0.15) is 29.3 Å². The van der Waals surface area contributed by atoms with Crippen molar-refractivity contribution in [3.05, 3.63) is 65.0 Å². The van der Waals surface area contributed by atoms with E-state index in [9.17, 15) is 4.79 Å². The van der Waals surface area contributed by atoms with E-state index >= 15 is 0 Å². The maximum absolute atomic E-state index is 12.4. The molecule has 0 aliphatic carbocycles. The average molecular weight is 359 g/mol. The molecular weight excluding hydrogens is 344 g/mol. The lowest BCUT2D eigenvalue weighted by molar-refractivity contribution is 0.0276. The second kappa shape index (κ2) is 7.36. The van der Waals surface area contributed by atoms with E-state index in [1.54, 1.807) is 19.1 Å². The quantitative estimate of drug-likeness (QED) is 0.632. The Labute approximate surface area is 149 Å². The number of esters is 1. The van der Waals surface area contributed by atoms with E-state index in [4.69, 9.17) is 25.5 Å². The maximum Gasteiger partial charge on any atom is 0.342 e. The Morgan fingerprint density at radius 3 is 2.64 bits per heavy atom. The lowest BCUT2D eigenvalue weighted by atomic mass is 10.2. The minimum atomic E-state index is -0.721. The summed E-state index contributed by atoms with van der Waals surface area (Å²) in [5.74, 6) is 0.343. The van der Waals surface area contributed by atoms with Gasteiger partial charge in [0.05, 0.1) is 7.11 Å². The lowest BCUT2D eigenvalue weighted by Crippen LogP contribution is -2.11. The van der Waals surface area contributed by atoms with Gasteiger partial charge < -0.3 is 13.9 Å². The third kappa shape index (κ3) is 3.80. The van der Waals surface area contributed by atoms with Crippen molar-refractivity contribution in [3.63, 3.8) is 0 Å². The predicted octanol–water partition coefficient (Wildman–Crippen LogP) is 4.32. The number of nitrogens with zero attached hydrogens (tertiary/aromatic N) is 2. The lowest BCUT2D eigenvalue weighted by Gasteiger charge is -2.12. The molecule has 25 heavy (non-hydrogen) atoms. The topological polar surface area (TPSA) is 74.5 Å². The minimum absolute atomic E-state index is 0.202. The molecule has 6 nitrogen and oxygen atoms in total. The summed E-state index contributed by atoms with van der Waals surface area (Å²) < 4.78 is 16.1. The summed E-state index contributed by atoms with van der Waals surface area (Å²) in [6.45, 7) is 1.65. The minimum Gasteiger partial charge on any atom is -0.496 e. The van der Waals surface area contributed by atoms with Crippen LogP contribution in [-0.2, 0) is 4.74 Å². The first-order chi connectivity index (χ1) is 12.1. The van der Waals surface area contributed by atoms with Gasteiger partial charge >= 0.3 is 5.97 Å². The van der Waals surface area contributed by atoms with Crippen LogP contribution in [0, 0.1) is 0 Å². The number of methoxy groups -OCH3 is 1. The van der Waals surface area contributed by atoms with Crippen molar-refractivity contribution >= 4 is 17.6 Å². The van der Waals surface area contributed by atoms with Crippen molar-refractivity contribution < 1.29 is 18.7 Å². The van der Waals surface area contributed by atoms with Gasteiger partial charge in [0, 0.05) is 10.6 Å². The fraction of sp³-hybridized carbons (Fsp3) is 0.167. The highest BCUT2D eigenvalue weighted by Crippen LogP contribution is 2.27. The number of aromatic nitrogens is 2. The predicted molar refractivity (Wildman–Crippen MR) is 91.6 cm³/mol. The maximum atomic E-state index is 12.4. The first-order valence-corrected chi connectivity index (χ1v) is 7.89. The molecular formula is C18H15ClN2O4. The smallest absolute Gasteiger partial charge is 0.342 e. The van der Waals surface area contributed by atoms with Gasteiger partial charge in [-0.1, -0.05) is 29.8 Å². The summed E-state index contributed by atoms with van der Waals surface area (Å²) in [4.78, 5) is 12.4. The highest BCUT2D eigenvalue weighted by Gasteiger charge is 2.22. The summed E-state index contributed by atoms with van der Waals surface area (Å²) in [6, 6.07) is 14.1. The third-order valence-electron chi connectivity index (χ3n) is 3.47. The van der Waals surface area contributed by atoms with E-state index in [1.165, 1.54) is 13.2 Å². The fourth-order valence-electron chi connectivity index (χ4n) is 2.21. The third-order valence-corrected chi connectivity index (χ3v) is 3.71. The van der Waals surface area contributed by atoms with E-state index < -0.39 is 12.1 Å². The molecule has 0 aliphatic rings. The Hall–Kier alpha value is -2.86. The number of rotatable bonds is 5. The van der Waals surface area contributed by atoms with Crippen LogP contribution < -0.4 is 4.74 Å². The summed E-state index contributed by atoms with van der Waals surface area (Å²) in [6.07, 6.45) is -0.721. The van der Waals surface area contributed by atoms with E-state index in [2.05, 4.69) is 10.2 Å². The summed E-state index contributed by atoms with van der Waals surface area (Å²) >= 11 is 5.94. The van der Waals surface area contributed by atoms with Crippen LogP contribution in [0.15, 0.2) is 52.9 Å². The van der Waals surface area contributed by atoms with Gasteiger partial charge in [0.15, 0.2) is 6.10 Å². The molecule has 0 bridgehead atoms. The number of carbonyl (C=O) groups is 1. The number of ether oxygens (including phenoxy) is 2. The van der Waals surface area contributed by atoms with Crippen LogP contribution >= 0.6 is 11.6 Å². The zero-order valence-corrected chi connectivity index (χ0v) is 14.4. The average Bonchev–Trinajstić information content (AvgIpc) is 3.12. The molecule has 7 heteroatoms. The number of hydrogen-bond donors (Lipinski definition) is 0. The van der Waals surface area contributed by atoms with Gasteiger partial charge in [-0.3, -0.25) is 0 Å². The van der Waals surface area contributed by atoms with E-state index in [0.29, 0.717) is 16.7 Å². The molecule has 1 heterocycles. The molecule has 0 unspecified atom stereocenters. The second-order valence-corrected chi connectivity index (χ2v) is 5.64. The highest BCUT2D eigenvalue weighted by atomic mass is 35.5. The number of halogens is 1. The van der Waals surface area contributed by atoms with Crippen LogP contribution in [0.4, 0.5) is 0 Å². The fourth-order valence-corrected chi connectivity index (χ4v) is 2.38. The van der Waals surface area contributed by atoms with Gasteiger partial charge in [-0.2, -0.15) is 0 Å². The molecule has 0 radical (unpaired) electrons. The molecule has 2 aromatic carbocycles. The molecule has 0 aliphatic heterocycles. The molecule has 128 valence electrons. The Balaban J connectivity index is 1.77. The first kappa shape index (κ1) is 17.0. The van der Waals surface area contributed by atoms with Crippen molar-refractivity contribution in [1.29, 1.82) is 0 Å². The largest absolute Gasteiger partial charge is 0.496 e. The monoisotopic (exact) mass is 358 g/mol. The molecule has 3 rings (SSSR count). The Morgan fingerprint density at radius 1 is 1.16 bits per heavy atom. The van der Waals surface area contributed by atoms with E-state index in [-0.39, 0.29) is 11.5 Å². The van der Waals surface area contributed by atoms with E-state index in [0.717, 1.165) is 5.56 Å². The van der Waals surface area contributed by atoms with Crippen molar-refractivity contribution in [2.24, 2.45) is 0 Å². The van der Waals surface area contributed by atoms with Crippen LogP contribution in [0.3, 0.4) is 0 Å². The molecule has 0 amide bonds. The van der Waals surface area contributed by atoms with Crippen molar-refractivity contribution in [1.82, 2.24) is 10.2 Å². The van der Waals surface area contributed by atoms with Gasteiger partial charge in [-0.05, 0) is 37.3 Å². The van der Waals surface area contributed by atoms with Gasteiger partial charge in [-0.25, -0.2) is 4.79 Å². The van der Waals surface area contributed by atoms with Crippen molar-refractivity contribution in [2.75, 3.05) is 7.11 Å². The molecule has 3 aromatic rings. The van der Waals surface area contributed by atoms with Crippen molar-refractivity contribution in [3.8, 4) is 17.2 Å². The van der Waals surface area contributed by atoms with Crippen LogP contribution in [0.2, 0.25) is 5.02 Å². The molecule has 0 saturated carbocycles. The van der Waals surface area contributed by atoms with Crippen molar-refractivity contribution in [2.45, 2.75) is 13.0 Å². The molecule has 0 N–H and O–H groups in total. The molecule has 0 fully saturated rings. The van der Waals surface area contributed by atoms with Gasteiger partial charge in [-0.15, -0.1) is 10.2 Å². The number of hydrogen-bond acceptors (Lipinski definition) is 6. The summed E-state index contributed by atoms with van der Waals surface area (Å²) in [5.41, 5.74) is 1.01. The van der Waals surface area contributed by atoms with Gasteiger partial charge in [0.2, 0.25) is 5.89 Å². The number of carbonyl (C=O) groups excluding carboxylic acids is 1. The molecule has 0 saturated heterocycles. The molecule has 0 spiro atoms. The zero-order chi connectivity index (χ0) is 17.8. The van der Waals surface area contributed by atoms with Crippen LogP contribution in [0.25, 0.3) is 11.5 Å². The SMILES string of the molecule is COc1ccc(Cl)cc1C(=O)O[C@H](C)c1nnc(-c2ccccc2)o1. The molecule has 1 atom stereocenters. The summed E-state index contributed by atoms with van der Waals surface area (Å²) in [7, 11) is 1.47. The highest BCUT2D eigenvalue weighted by molar-refractivity contribution is 6.31. The molecule has 1 aromatic heterocycles. The number of benzene rings is 2. The second-order valence-electron chi connectivity index (χ2n) is 5.20. The van der Waals surface area contributed by atoms with Gasteiger partial charge in [0.25, 0.3) is 5.89 Å². The standard InChI is InChI=1S/C18H15ClN2O4/c1-11(16-20-21-17(25-16)12-6-4-3-5-7-12)24-18(22)14-10-13(19)8-9-15(14)23-2/h3-11H,1-2H3/t11-/m1/s1. The van der Waals surface area contributed by atoms with E-state index in [1.807, 2.05) is 30.3 Å². The van der Waals surface area contributed by atoms with Crippen LogP contribution in [0.5, 0.6) is 5.75 Å². The Kier molecular flexibility index (Phi) is 5.00. The first-order valence-electron chi connectivity index (χ1n) is 7.52. The zero-order valence-electron chi connectivity index (χ0n) is 13.6. The summed E-state index contributed by atoms with van der Waals surface area (Å²) in [5, 5.41) is 8.34.